The van der Waals surface area contributed by atoms with Gasteiger partial charge in [0.1, 0.15) is 0 Å². The normalized spacial score (nSPS) is 17.8. The minimum Gasteiger partial charge on any atom is -0.354 e. The van der Waals surface area contributed by atoms with Crippen LogP contribution < -0.4 is 5.32 Å². The minimum atomic E-state index is -0.319. The lowest BCUT2D eigenvalue weighted by Gasteiger charge is -2.39. The van der Waals surface area contributed by atoms with Crippen LogP contribution in [0.3, 0.4) is 0 Å². The van der Waals surface area contributed by atoms with E-state index in [1.165, 1.54) is 18.6 Å². The predicted octanol–water partition coefficient (Wildman–Crippen LogP) is 5.36. The molecule has 1 aliphatic heterocycles. The quantitative estimate of drug-likeness (QED) is 0.277. The van der Waals surface area contributed by atoms with Crippen molar-refractivity contribution >= 4 is 29.5 Å². The summed E-state index contributed by atoms with van der Waals surface area (Å²) in [6.07, 6.45) is 11.5. The van der Waals surface area contributed by atoms with Gasteiger partial charge in [0.25, 0.3) is 11.8 Å². The van der Waals surface area contributed by atoms with E-state index in [1.807, 2.05) is 0 Å². The molecule has 0 saturated heterocycles. The number of hydrogen-bond donors (Lipinski definition) is 1. The van der Waals surface area contributed by atoms with E-state index in [0.717, 1.165) is 24.2 Å². The molecule has 1 N–H and O–H groups in total. The van der Waals surface area contributed by atoms with Crippen LogP contribution in [-0.2, 0) is 14.4 Å². The Bertz CT molecular complexity index is 709. The summed E-state index contributed by atoms with van der Waals surface area (Å²) in [4.78, 5) is 36.6. The molecule has 1 aliphatic rings. The van der Waals surface area contributed by atoms with Gasteiger partial charge in [-0.05, 0) is 36.0 Å². The molecule has 0 fully saturated rings. The summed E-state index contributed by atoms with van der Waals surface area (Å²) in [5.74, 6) is 0.116. The second kappa shape index (κ2) is 12.1. The molecule has 2 unspecified atom stereocenters. The van der Waals surface area contributed by atoms with Gasteiger partial charge in [-0.15, -0.1) is 11.8 Å². The number of nitrogens with zero attached hydrogens (tertiary/aromatic N) is 1. The summed E-state index contributed by atoms with van der Waals surface area (Å²) in [5.41, 5.74) is 0.456. The summed E-state index contributed by atoms with van der Waals surface area (Å²) in [6.45, 7) is 18.7. The number of thioether (sulfide) groups is 1. The monoisotopic (exact) mass is 464 g/mol. The Kier molecular flexibility index (Phi) is 10.7. The first kappa shape index (κ1) is 28.5. The molecule has 1 rings (SSSR count). The van der Waals surface area contributed by atoms with E-state index in [2.05, 4.69) is 72.9 Å². The van der Waals surface area contributed by atoms with Crippen molar-refractivity contribution in [1.29, 1.82) is 0 Å². The molecule has 0 bridgehead atoms. The predicted molar refractivity (Wildman–Crippen MR) is 135 cm³/mol. The third kappa shape index (κ3) is 9.13. The Morgan fingerprint density at radius 3 is 2.22 bits per heavy atom. The molecule has 2 atom stereocenters. The molecule has 3 amide bonds. The van der Waals surface area contributed by atoms with Crippen molar-refractivity contribution in [3.63, 3.8) is 0 Å². The van der Waals surface area contributed by atoms with Crippen molar-refractivity contribution < 1.29 is 14.4 Å². The molecule has 0 aliphatic carbocycles. The van der Waals surface area contributed by atoms with Crippen molar-refractivity contribution in [1.82, 2.24) is 10.2 Å². The molecule has 0 aromatic rings. The van der Waals surface area contributed by atoms with Gasteiger partial charge in [0.05, 0.1) is 5.75 Å². The molecule has 1 heterocycles. The van der Waals surface area contributed by atoms with Gasteiger partial charge >= 0.3 is 0 Å². The van der Waals surface area contributed by atoms with Gasteiger partial charge < -0.3 is 5.32 Å². The molecular weight excluding hydrogens is 420 g/mol. The Morgan fingerprint density at radius 1 is 1.09 bits per heavy atom. The van der Waals surface area contributed by atoms with Crippen LogP contribution in [0.4, 0.5) is 0 Å². The maximum atomic E-state index is 12.4. The lowest BCUT2D eigenvalue weighted by atomic mass is 9.72. The topological polar surface area (TPSA) is 66.5 Å². The summed E-state index contributed by atoms with van der Waals surface area (Å²) in [7, 11) is 0. The van der Waals surface area contributed by atoms with E-state index in [1.54, 1.807) is 11.8 Å². The highest BCUT2D eigenvalue weighted by atomic mass is 32.2. The third-order valence-electron chi connectivity index (χ3n) is 6.97. The Hall–Kier alpha value is -1.56. The van der Waals surface area contributed by atoms with E-state index in [-0.39, 0.29) is 41.0 Å². The average Bonchev–Trinajstić information content (AvgIpc) is 3.04. The standard InChI is InChI=1S/C26H44N2O3S/c1-9-24(4,5)15-11-12-20(3)25(6,7)19-26(8,10-2)32-18-21(29)27-16-17-28-22(30)13-14-23(28)31/h11-14,20H,9-10,15-19H2,1-8H3,(H,27,29)/b12-11-. The van der Waals surface area contributed by atoms with Gasteiger partial charge in [0, 0.05) is 30.0 Å². The Labute approximate surface area is 199 Å². The van der Waals surface area contributed by atoms with Gasteiger partial charge in [-0.2, -0.15) is 0 Å². The third-order valence-corrected chi connectivity index (χ3v) is 8.51. The first-order valence-electron chi connectivity index (χ1n) is 11.9. The highest BCUT2D eigenvalue weighted by Gasteiger charge is 2.35. The van der Waals surface area contributed by atoms with Crippen molar-refractivity contribution in [2.75, 3.05) is 18.8 Å². The van der Waals surface area contributed by atoms with E-state index in [0.29, 0.717) is 17.1 Å². The van der Waals surface area contributed by atoms with Crippen LogP contribution in [0.5, 0.6) is 0 Å². The lowest BCUT2D eigenvalue weighted by Crippen LogP contribution is -2.39. The zero-order chi connectivity index (χ0) is 24.6. The zero-order valence-electron chi connectivity index (χ0n) is 21.4. The van der Waals surface area contributed by atoms with Gasteiger partial charge in [0.2, 0.25) is 5.91 Å². The smallest absolute Gasteiger partial charge is 0.253 e. The van der Waals surface area contributed by atoms with E-state index < -0.39 is 0 Å². The van der Waals surface area contributed by atoms with Crippen LogP contribution in [-0.4, -0.2) is 46.2 Å². The summed E-state index contributed by atoms with van der Waals surface area (Å²) >= 11 is 1.70. The Morgan fingerprint density at radius 2 is 1.69 bits per heavy atom. The fourth-order valence-corrected chi connectivity index (χ4v) is 4.91. The summed E-state index contributed by atoms with van der Waals surface area (Å²) in [6, 6.07) is 0. The van der Waals surface area contributed by atoms with Crippen molar-refractivity contribution in [3.8, 4) is 0 Å². The molecule has 5 nitrogen and oxygen atoms in total. The van der Waals surface area contributed by atoms with Crippen LogP contribution in [0.2, 0.25) is 0 Å². The van der Waals surface area contributed by atoms with E-state index >= 15 is 0 Å². The van der Waals surface area contributed by atoms with E-state index in [4.69, 9.17) is 0 Å². The van der Waals surface area contributed by atoms with Gasteiger partial charge in [-0.3, -0.25) is 19.3 Å². The minimum absolute atomic E-state index is 0.00354. The average molecular weight is 465 g/mol. The zero-order valence-corrected chi connectivity index (χ0v) is 22.2. The van der Waals surface area contributed by atoms with Crippen molar-refractivity contribution in [2.45, 2.75) is 85.8 Å². The number of nitrogens with one attached hydrogen (secondary N) is 1. The number of carbonyl (C=O) groups excluding carboxylic acids is 3. The second-order valence-corrected chi connectivity index (χ2v) is 12.3. The van der Waals surface area contributed by atoms with Gasteiger partial charge in [-0.25, -0.2) is 0 Å². The van der Waals surface area contributed by atoms with Crippen LogP contribution in [0, 0.1) is 16.7 Å². The fourth-order valence-electron chi connectivity index (χ4n) is 3.65. The van der Waals surface area contributed by atoms with Crippen LogP contribution >= 0.6 is 11.8 Å². The van der Waals surface area contributed by atoms with Gasteiger partial charge in [0.15, 0.2) is 0 Å². The largest absolute Gasteiger partial charge is 0.354 e. The number of imide groups is 1. The fraction of sp³-hybridized carbons (Fsp3) is 0.731. The Balaban J connectivity index is 2.53. The molecule has 0 radical (unpaired) electrons. The highest BCUT2D eigenvalue weighted by molar-refractivity contribution is 8.01. The molecule has 32 heavy (non-hydrogen) atoms. The number of amides is 3. The molecule has 0 aromatic carbocycles. The maximum absolute atomic E-state index is 12.4. The number of rotatable bonds is 14. The molecular formula is C26H44N2O3S. The molecule has 0 saturated carbocycles. The molecule has 0 aromatic heterocycles. The van der Waals surface area contributed by atoms with Crippen molar-refractivity contribution in [2.24, 2.45) is 16.7 Å². The number of carbonyl (C=O) groups is 3. The summed E-state index contributed by atoms with van der Waals surface area (Å²) in [5, 5.41) is 2.84. The molecule has 0 spiro atoms. The SMILES string of the molecule is CCC(C)(C)C/C=C\C(C)C(C)(C)CC(C)(CC)SCC(=O)NCCN1C(=O)C=CC1=O. The van der Waals surface area contributed by atoms with E-state index in [9.17, 15) is 14.4 Å². The highest BCUT2D eigenvalue weighted by Crippen LogP contribution is 2.44. The first-order chi connectivity index (χ1) is 14.7. The lowest BCUT2D eigenvalue weighted by molar-refractivity contribution is -0.137. The second-order valence-electron chi connectivity index (χ2n) is 10.7. The summed E-state index contributed by atoms with van der Waals surface area (Å²) < 4.78 is -0.00354. The van der Waals surface area contributed by atoms with Crippen LogP contribution in [0.25, 0.3) is 0 Å². The first-order valence-corrected chi connectivity index (χ1v) is 12.8. The van der Waals surface area contributed by atoms with Crippen molar-refractivity contribution in [3.05, 3.63) is 24.3 Å². The number of hydrogen-bond acceptors (Lipinski definition) is 4. The van der Waals surface area contributed by atoms with Gasteiger partial charge in [-0.1, -0.05) is 74.0 Å². The number of allylic oxidation sites excluding steroid dienone is 2. The van der Waals surface area contributed by atoms with Crippen LogP contribution in [0.15, 0.2) is 24.3 Å². The molecule has 6 heteroatoms. The molecule has 182 valence electrons. The maximum Gasteiger partial charge on any atom is 0.253 e. The van der Waals surface area contributed by atoms with Crippen LogP contribution in [0.1, 0.15) is 81.1 Å².